The Hall–Kier alpha value is -0.0800. The van der Waals surface area contributed by atoms with Gasteiger partial charge in [-0.15, -0.1) is 0 Å². The molecule has 0 spiro atoms. The predicted octanol–water partition coefficient (Wildman–Crippen LogP) is -0.252. The van der Waals surface area contributed by atoms with Crippen LogP contribution in [0.5, 0.6) is 0 Å². The largest absolute Gasteiger partial charge is 0.390 e. The van der Waals surface area contributed by atoms with Crippen LogP contribution in [0.15, 0.2) is 0 Å². The molecule has 0 aliphatic heterocycles. The first-order chi connectivity index (χ1) is 3.07. The highest BCUT2D eigenvalue weighted by molar-refractivity contribution is 5.07. The fraction of sp³-hybridized carbons (Fsp3) is 1.00. The van der Waals surface area contributed by atoms with Gasteiger partial charge in [0.05, 0.1) is 11.7 Å². The van der Waals surface area contributed by atoms with Gasteiger partial charge in [-0.3, -0.25) is 0 Å². The standard InChI is InChI=1S/C5H10O2/c1-3-4(6)5(3,2)7/h3-4,6-7H,1-2H3. The van der Waals surface area contributed by atoms with E-state index >= 15 is 0 Å². The van der Waals surface area contributed by atoms with Crippen molar-refractivity contribution >= 4 is 0 Å². The zero-order chi connectivity index (χ0) is 5.65. The number of hydrogen-bond donors (Lipinski definition) is 2. The topological polar surface area (TPSA) is 40.5 Å². The molecular weight excluding hydrogens is 92.1 g/mol. The van der Waals surface area contributed by atoms with Crippen LogP contribution in [-0.2, 0) is 0 Å². The molecule has 0 saturated heterocycles. The molecule has 0 bridgehead atoms. The molecule has 0 aromatic heterocycles. The van der Waals surface area contributed by atoms with Crippen molar-refractivity contribution in [3.05, 3.63) is 0 Å². The van der Waals surface area contributed by atoms with Crippen LogP contribution >= 0.6 is 0 Å². The molecule has 1 aliphatic carbocycles. The summed E-state index contributed by atoms with van der Waals surface area (Å²) in [7, 11) is 0. The summed E-state index contributed by atoms with van der Waals surface area (Å²) in [5, 5.41) is 17.6. The highest BCUT2D eigenvalue weighted by Crippen LogP contribution is 2.42. The SMILES string of the molecule is CC1C(O)C1(C)O. The quantitative estimate of drug-likeness (QED) is 0.442. The third kappa shape index (κ3) is 0.469. The van der Waals surface area contributed by atoms with Crippen LogP contribution in [0.2, 0.25) is 0 Å². The van der Waals surface area contributed by atoms with Crippen LogP contribution in [0.3, 0.4) is 0 Å². The molecule has 1 rings (SSSR count). The summed E-state index contributed by atoms with van der Waals surface area (Å²) in [6.07, 6.45) is -0.479. The van der Waals surface area contributed by atoms with Crippen molar-refractivity contribution in [3.63, 3.8) is 0 Å². The van der Waals surface area contributed by atoms with E-state index in [1.165, 1.54) is 0 Å². The molecule has 7 heavy (non-hydrogen) atoms. The highest BCUT2D eigenvalue weighted by Gasteiger charge is 2.56. The average Bonchev–Trinajstić information content (AvgIpc) is 1.91. The molecule has 2 heteroatoms. The minimum absolute atomic E-state index is 0.0764. The van der Waals surface area contributed by atoms with Crippen LogP contribution in [0.4, 0.5) is 0 Å². The van der Waals surface area contributed by atoms with Crippen LogP contribution in [0.25, 0.3) is 0 Å². The molecule has 3 atom stereocenters. The van der Waals surface area contributed by atoms with Crippen molar-refractivity contribution in [2.45, 2.75) is 25.6 Å². The van der Waals surface area contributed by atoms with Gasteiger partial charge in [0.1, 0.15) is 0 Å². The third-order valence-corrected chi connectivity index (χ3v) is 1.89. The smallest absolute Gasteiger partial charge is 0.0932 e. The molecule has 2 N–H and O–H groups in total. The van der Waals surface area contributed by atoms with Crippen LogP contribution in [0, 0.1) is 5.92 Å². The third-order valence-electron chi connectivity index (χ3n) is 1.89. The van der Waals surface area contributed by atoms with E-state index in [0.29, 0.717) is 0 Å². The molecule has 1 aliphatic rings. The van der Waals surface area contributed by atoms with Crippen LogP contribution < -0.4 is 0 Å². The van der Waals surface area contributed by atoms with E-state index in [-0.39, 0.29) is 5.92 Å². The van der Waals surface area contributed by atoms with Gasteiger partial charge < -0.3 is 10.2 Å². The summed E-state index contributed by atoms with van der Waals surface area (Å²) < 4.78 is 0. The molecule has 0 aromatic carbocycles. The van der Waals surface area contributed by atoms with Gasteiger partial charge in [0, 0.05) is 5.92 Å². The maximum Gasteiger partial charge on any atom is 0.0932 e. The Morgan fingerprint density at radius 2 is 1.71 bits per heavy atom. The molecule has 3 unspecified atom stereocenters. The van der Waals surface area contributed by atoms with E-state index in [0.717, 1.165) is 0 Å². The average molecular weight is 102 g/mol. The van der Waals surface area contributed by atoms with E-state index in [9.17, 15) is 0 Å². The lowest BCUT2D eigenvalue weighted by atomic mass is 10.3. The zero-order valence-corrected chi connectivity index (χ0v) is 4.55. The van der Waals surface area contributed by atoms with Crippen molar-refractivity contribution in [1.29, 1.82) is 0 Å². The number of aliphatic hydroxyl groups is 2. The van der Waals surface area contributed by atoms with Gasteiger partial charge >= 0.3 is 0 Å². The molecule has 1 saturated carbocycles. The van der Waals surface area contributed by atoms with Crippen molar-refractivity contribution in [2.24, 2.45) is 5.92 Å². The monoisotopic (exact) mass is 102 g/mol. The Morgan fingerprint density at radius 1 is 1.57 bits per heavy atom. The first kappa shape index (κ1) is 5.06. The molecule has 2 nitrogen and oxygen atoms in total. The molecule has 0 heterocycles. The van der Waals surface area contributed by atoms with E-state index in [4.69, 9.17) is 10.2 Å². The fourth-order valence-corrected chi connectivity index (χ4v) is 0.683. The summed E-state index contributed by atoms with van der Waals surface area (Å²) in [4.78, 5) is 0. The Kier molecular flexibility index (Phi) is 0.730. The lowest BCUT2D eigenvalue weighted by Gasteiger charge is -1.92. The second kappa shape index (κ2) is 1.01. The Labute approximate surface area is 42.8 Å². The first-order valence-corrected chi connectivity index (χ1v) is 2.47. The molecule has 1 fully saturated rings. The zero-order valence-electron chi connectivity index (χ0n) is 4.55. The summed E-state index contributed by atoms with van der Waals surface area (Å²) >= 11 is 0. The number of aliphatic hydroxyl groups excluding tert-OH is 1. The minimum atomic E-state index is -0.778. The van der Waals surface area contributed by atoms with Gasteiger partial charge in [-0.25, -0.2) is 0 Å². The van der Waals surface area contributed by atoms with E-state index in [1.54, 1.807) is 6.92 Å². The van der Waals surface area contributed by atoms with Crippen molar-refractivity contribution in [2.75, 3.05) is 0 Å². The Balaban J connectivity index is 2.52. The van der Waals surface area contributed by atoms with Crippen molar-refractivity contribution < 1.29 is 10.2 Å². The molecule has 0 aromatic rings. The van der Waals surface area contributed by atoms with Gasteiger partial charge in [0.15, 0.2) is 0 Å². The van der Waals surface area contributed by atoms with Gasteiger partial charge in [-0.1, -0.05) is 6.92 Å². The van der Waals surface area contributed by atoms with Crippen LogP contribution in [-0.4, -0.2) is 21.9 Å². The lowest BCUT2D eigenvalue weighted by Crippen LogP contribution is -2.06. The summed E-state index contributed by atoms with van der Waals surface area (Å²) in [6, 6.07) is 0. The van der Waals surface area contributed by atoms with Gasteiger partial charge in [0.2, 0.25) is 0 Å². The molecule has 0 radical (unpaired) electrons. The number of rotatable bonds is 0. The highest BCUT2D eigenvalue weighted by atomic mass is 16.4. The Bertz CT molecular complexity index is 78.1. The molecule has 42 valence electrons. The minimum Gasteiger partial charge on any atom is -0.390 e. The fourth-order valence-electron chi connectivity index (χ4n) is 0.683. The summed E-state index contributed by atoms with van der Waals surface area (Å²) in [6.45, 7) is 3.47. The Morgan fingerprint density at radius 3 is 1.71 bits per heavy atom. The van der Waals surface area contributed by atoms with E-state index in [2.05, 4.69) is 0 Å². The van der Waals surface area contributed by atoms with Crippen molar-refractivity contribution in [3.8, 4) is 0 Å². The lowest BCUT2D eigenvalue weighted by molar-refractivity contribution is 0.0999. The summed E-state index contributed by atoms with van der Waals surface area (Å²) in [5.41, 5.74) is -0.778. The first-order valence-electron chi connectivity index (χ1n) is 2.47. The van der Waals surface area contributed by atoms with E-state index in [1.807, 2.05) is 6.92 Å². The maximum atomic E-state index is 8.92. The van der Waals surface area contributed by atoms with Gasteiger partial charge in [-0.05, 0) is 6.92 Å². The number of hydrogen-bond acceptors (Lipinski definition) is 2. The second-order valence-corrected chi connectivity index (χ2v) is 2.46. The van der Waals surface area contributed by atoms with Gasteiger partial charge in [-0.2, -0.15) is 0 Å². The van der Waals surface area contributed by atoms with Crippen molar-refractivity contribution in [1.82, 2.24) is 0 Å². The molecule has 0 amide bonds. The van der Waals surface area contributed by atoms with Crippen LogP contribution in [0.1, 0.15) is 13.8 Å². The summed E-state index contributed by atoms with van der Waals surface area (Å²) in [5.74, 6) is 0.0764. The van der Waals surface area contributed by atoms with Gasteiger partial charge in [0.25, 0.3) is 0 Å². The second-order valence-electron chi connectivity index (χ2n) is 2.46. The maximum absolute atomic E-state index is 8.92. The normalized spacial score (nSPS) is 60.0. The van der Waals surface area contributed by atoms with E-state index < -0.39 is 11.7 Å². The predicted molar refractivity (Wildman–Crippen MR) is 25.8 cm³/mol. The molecular formula is C5H10O2.